The Kier molecular flexibility index (Phi) is 12.7. The smallest absolute Gasteiger partial charge is 0.0507 e. The first-order valence-electron chi connectivity index (χ1n) is 16.6. The first-order valence-corrected chi connectivity index (χ1v) is 16.6. The summed E-state index contributed by atoms with van der Waals surface area (Å²) in [6, 6.07) is 0. The van der Waals surface area contributed by atoms with E-state index in [4.69, 9.17) is 0 Å². The Morgan fingerprint density at radius 2 is 1.41 bits per heavy atom. The molecule has 5 atom stereocenters. The molecule has 2 N–H and O–H groups in total. The molecule has 4 nitrogen and oxygen atoms in total. The fourth-order valence-corrected chi connectivity index (χ4v) is 8.29. The average molecular weight is 519 g/mol. The predicted octanol–water partition coefficient (Wildman–Crippen LogP) is 7.00. The maximum absolute atomic E-state index is 4.06. The van der Waals surface area contributed by atoms with E-state index in [0.29, 0.717) is 5.41 Å². The van der Waals surface area contributed by atoms with Gasteiger partial charge in [-0.3, -0.25) is 9.80 Å². The lowest BCUT2D eigenvalue weighted by Gasteiger charge is -2.60. The molecule has 0 amide bonds. The molecular weight excluding hydrogens is 452 g/mol. The summed E-state index contributed by atoms with van der Waals surface area (Å²) in [7, 11) is 0. The van der Waals surface area contributed by atoms with Gasteiger partial charge in [0.15, 0.2) is 0 Å². The number of rotatable bonds is 18. The van der Waals surface area contributed by atoms with Crippen LogP contribution < -0.4 is 10.6 Å². The van der Waals surface area contributed by atoms with Gasteiger partial charge >= 0.3 is 0 Å². The summed E-state index contributed by atoms with van der Waals surface area (Å²) in [4.78, 5) is 5.61. The average Bonchev–Trinajstić information content (AvgIpc) is 2.88. The summed E-state index contributed by atoms with van der Waals surface area (Å²) in [5.74, 6) is 4.57. The summed E-state index contributed by atoms with van der Waals surface area (Å²) in [5.41, 5.74) is 0.784. The van der Waals surface area contributed by atoms with Crippen molar-refractivity contribution in [2.75, 3.05) is 52.5 Å². The largest absolute Gasteiger partial charge is 0.315 e. The number of hydrogen-bond donors (Lipinski definition) is 2. The molecule has 0 aromatic rings. The van der Waals surface area contributed by atoms with E-state index in [0.717, 1.165) is 42.7 Å². The second-order valence-corrected chi connectivity index (χ2v) is 14.4. The van der Waals surface area contributed by atoms with Crippen molar-refractivity contribution in [1.82, 2.24) is 20.4 Å². The summed E-state index contributed by atoms with van der Waals surface area (Å²) in [5, 5.41) is 7.92. The third-order valence-electron chi connectivity index (χ3n) is 10.9. The molecule has 4 rings (SSSR count). The fraction of sp³-hybridized carbons (Fsp3) is 1.00. The maximum atomic E-state index is 4.06. The van der Waals surface area contributed by atoms with E-state index in [1.807, 2.05) is 0 Å². The minimum Gasteiger partial charge on any atom is -0.315 e. The predicted molar refractivity (Wildman–Crippen MR) is 162 cm³/mol. The van der Waals surface area contributed by atoms with Crippen molar-refractivity contribution in [2.45, 2.75) is 125 Å². The SMILES string of the molecule is CCCCC(CC)CN1CN(CC(CC)CCCC)CC(C)(NCCNC[C@@H]2CC[C@H]3C[C@@H]2C3(C)C)C1. The van der Waals surface area contributed by atoms with E-state index in [1.165, 1.54) is 110 Å². The number of unbranched alkanes of at least 4 members (excludes halogenated alkanes) is 2. The molecule has 218 valence electrons. The van der Waals surface area contributed by atoms with Crippen LogP contribution in [0.15, 0.2) is 0 Å². The Hall–Kier alpha value is -0.160. The molecule has 1 saturated heterocycles. The Morgan fingerprint density at radius 1 is 0.811 bits per heavy atom. The standard InChI is InChI=1S/C33H66N4/c1-8-12-14-27(10-3)22-36-24-33(7,25-37(26-36)23-28(11-4)15-13-9-2)35-19-18-34-21-29-16-17-30-20-31(29)32(30,5)6/h27-31,34-35H,8-26H2,1-7H3/t27?,28?,29-,30-,31-,33?/m0/s1. The highest BCUT2D eigenvalue weighted by Crippen LogP contribution is 2.61. The van der Waals surface area contributed by atoms with Crippen LogP contribution in [0.4, 0.5) is 0 Å². The fourth-order valence-electron chi connectivity index (χ4n) is 8.29. The van der Waals surface area contributed by atoms with Crippen molar-refractivity contribution in [3.8, 4) is 0 Å². The van der Waals surface area contributed by atoms with Crippen LogP contribution in [0.1, 0.15) is 119 Å². The molecule has 2 unspecified atom stereocenters. The highest BCUT2D eigenvalue weighted by atomic mass is 15.4. The van der Waals surface area contributed by atoms with Gasteiger partial charge in [-0.25, -0.2) is 0 Å². The lowest BCUT2D eigenvalue weighted by molar-refractivity contribution is -0.103. The van der Waals surface area contributed by atoms with E-state index in [1.54, 1.807) is 0 Å². The topological polar surface area (TPSA) is 30.5 Å². The molecule has 0 aromatic heterocycles. The van der Waals surface area contributed by atoms with Crippen molar-refractivity contribution >= 4 is 0 Å². The summed E-state index contributed by atoms with van der Waals surface area (Å²) in [6.07, 6.45) is 15.2. The summed E-state index contributed by atoms with van der Waals surface area (Å²) in [6.45, 7) is 26.5. The van der Waals surface area contributed by atoms with E-state index in [9.17, 15) is 0 Å². The van der Waals surface area contributed by atoms with Crippen LogP contribution >= 0.6 is 0 Å². The van der Waals surface area contributed by atoms with Gasteiger partial charge in [-0.2, -0.15) is 0 Å². The molecular formula is C33H66N4. The number of nitrogens with one attached hydrogen (secondary N) is 2. The van der Waals surface area contributed by atoms with E-state index >= 15 is 0 Å². The van der Waals surface area contributed by atoms with Crippen LogP contribution in [0.2, 0.25) is 0 Å². The van der Waals surface area contributed by atoms with Crippen molar-refractivity contribution in [3.63, 3.8) is 0 Å². The zero-order chi connectivity index (χ0) is 26.9. The third-order valence-corrected chi connectivity index (χ3v) is 10.9. The van der Waals surface area contributed by atoms with Gasteiger partial charge in [0.1, 0.15) is 0 Å². The van der Waals surface area contributed by atoms with Crippen molar-refractivity contribution in [1.29, 1.82) is 0 Å². The van der Waals surface area contributed by atoms with Crippen molar-refractivity contribution < 1.29 is 0 Å². The highest BCUT2D eigenvalue weighted by Gasteiger charge is 2.53. The molecule has 0 aromatic carbocycles. The normalized spacial score (nSPS) is 31.7. The zero-order valence-corrected chi connectivity index (χ0v) is 26.2. The monoisotopic (exact) mass is 519 g/mol. The highest BCUT2D eigenvalue weighted by molar-refractivity contribution is 5.03. The van der Waals surface area contributed by atoms with Gasteiger partial charge in [0.2, 0.25) is 0 Å². The maximum Gasteiger partial charge on any atom is 0.0507 e. The first-order chi connectivity index (χ1) is 17.7. The molecule has 0 radical (unpaired) electrons. The van der Waals surface area contributed by atoms with Crippen LogP contribution in [-0.2, 0) is 0 Å². The molecule has 4 aliphatic rings. The second-order valence-electron chi connectivity index (χ2n) is 14.4. The Balaban J connectivity index is 1.50. The third kappa shape index (κ3) is 8.92. The lowest BCUT2D eigenvalue weighted by atomic mass is 9.45. The van der Waals surface area contributed by atoms with Gasteiger partial charge in [0, 0.05) is 44.8 Å². The summed E-state index contributed by atoms with van der Waals surface area (Å²) >= 11 is 0. The van der Waals surface area contributed by atoms with Crippen LogP contribution in [-0.4, -0.2) is 67.8 Å². The van der Waals surface area contributed by atoms with Gasteiger partial charge in [0.25, 0.3) is 0 Å². The van der Waals surface area contributed by atoms with Gasteiger partial charge in [-0.15, -0.1) is 0 Å². The van der Waals surface area contributed by atoms with Gasteiger partial charge in [-0.1, -0.05) is 80.1 Å². The van der Waals surface area contributed by atoms with Crippen LogP contribution in [0, 0.1) is 35.0 Å². The minimum absolute atomic E-state index is 0.181. The van der Waals surface area contributed by atoms with E-state index in [2.05, 4.69) is 68.9 Å². The Bertz CT molecular complexity index is 606. The van der Waals surface area contributed by atoms with Crippen molar-refractivity contribution in [2.24, 2.45) is 35.0 Å². The molecule has 1 aliphatic heterocycles. The van der Waals surface area contributed by atoms with Gasteiger partial charge < -0.3 is 10.6 Å². The second kappa shape index (κ2) is 15.0. The van der Waals surface area contributed by atoms with Gasteiger partial charge in [0.05, 0.1) is 6.67 Å². The molecule has 37 heavy (non-hydrogen) atoms. The summed E-state index contributed by atoms with van der Waals surface area (Å²) < 4.78 is 0. The zero-order valence-electron chi connectivity index (χ0n) is 26.2. The van der Waals surface area contributed by atoms with Crippen molar-refractivity contribution in [3.05, 3.63) is 0 Å². The molecule has 0 spiro atoms. The number of hydrogen-bond acceptors (Lipinski definition) is 4. The Morgan fingerprint density at radius 3 is 1.89 bits per heavy atom. The molecule has 4 fully saturated rings. The molecule has 4 heteroatoms. The van der Waals surface area contributed by atoms with E-state index in [-0.39, 0.29) is 5.54 Å². The lowest BCUT2D eigenvalue weighted by Crippen LogP contribution is -2.65. The quantitative estimate of drug-likeness (QED) is 0.191. The van der Waals surface area contributed by atoms with Crippen LogP contribution in [0.3, 0.4) is 0 Å². The first kappa shape index (κ1) is 31.4. The Labute approximate surface area is 232 Å². The van der Waals surface area contributed by atoms with Crippen LogP contribution in [0.25, 0.3) is 0 Å². The molecule has 2 bridgehead atoms. The van der Waals surface area contributed by atoms with E-state index < -0.39 is 0 Å². The molecule has 3 saturated carbocycles. The molecule has 1 heterocycles. The number of nitrogens with zero attached hydrogens (tertiary/aromatic N) is 2. The molecule has 3 aliphatic carbocycles. The van der Waals surface area contributed by atoms with Gasteiger partial charge in [-0.05, 0) is 80.6 Å². The minimum atomic E-state index is 0.181. The number of fused-ring (bicyclic) bond motifs is 2. The van der Waals surface area contributed by atoms with Crippen LogP contribution in [0.5, 0.6) is 0 Å².